The Hall–Kier alpha value is -0.530. The molecule has 0 unspecified atom stereocenters. The second-order valence-electron chi connectivity index (χ2n) is 3.82. The normalized spacial score (nSPS) is 21.4. The molecule has 1 aliphatic heterocycles. The van der Waals surface area contributed by atoms with Crippen LogP contribution in [0.3, 0.4) is 0 Å². The molecule has 1 aromatic rings. The van der Waals surface area contributed by atoms with E-state index in [1.54, 1.807) is 0 Å². The zero-order chi connectivity index (χ0) is 9.97. The Bertz CT molecular complexity index is 316. The molecule has 0 saturated carbocycles. The summed E-state index contributed by atoms with van der Waals surface area (Å²) in [5.41, 5.74) is 2.71. The van der Waals surface area contributed by atoms with Gasteiger partial charge in [-0.05, 0) is 43.0 Å². The Morgan fingerprint density at radius 2 is 2.36 bits per heavy atom. The molecular weight excluding hydrogens is 194 g/mol. The van der Waals surface area contributed by atoms with Crippen molar-refractivity contribution in [2.24, 2.45) is 0 Å². The van der Waals surface area contributed by atoms with Gasteiger partial charge in [0.15, 0.2) is 0 Å². The van der Waals surface area contributed by atoms with Crippen LogP contribution in [0.2, 0.25) is 5.02 Å². The average molecular weight is 210 g/mol. The van der Waals surface area contributed by atoms with Gasteiger partial charge in [-0.25, -0.2) is 0 Å². The van der Waals surface area contributed by atoms with Gasteiger partial charge in [-0.1, -0.05) is 30.7 Å². The molecule has 1 N–H and O–H groups in total. The van der Waals surface area contributed by atoms with Crippen LogP contribution in [-0.2, 0) is 6.42 Å². The first-order chi connectivity index (χ1) is 6.83. The molecular formula is C12H16ClN. The summed E-state index contributed by atoms with van der Waals surface area (Å²) in [4.78, 5) is 0. The van der Waals surface area contributed by atoms with E-state index in [0.717, 1.165) is 18.0 Å². The Balaban J connectivity index is 2.37. The second kappa shape index (κ2) is 4.33. The smallest absolute Gasteiger partial charge is 0.0456 e. The number of halogens is 1. The number of benzene rings is 1. The van der Waals surface area contributed by atoms with E-state index in [4.69, 9.17) is 11.6 Å². The summed E-state index contributed by atoms with van der Waals surface area (Å²) >= 11 is 6.25. The summed E-state index contributed by atoms with van der Waals surface area (Å²) in [5, 5.41) is 4.42. The molecule has 76 valence electrons. The standard InChI is InChI=1S/C12H16ClN/c1-2-9-5-3-6-10(13)12(9)11-7-4-8-14-11/h3,5-6,11,14H,2,4,7-8H2,1H3/t11-/m0/s1. The third kappa shape index (κ3) is 1.79. The van der Waals surface area contributed by atoms with Gasteiger partial charge in [0.2, 0.25) is 0 Å². The van der Waals surface area contributed by atoms with E-state index in [-0.39, 0.29) is 0 Å². The van der Waals surface area contributed by atoms with Crippen LogP contribution >= 0.6 is 11.6 Å². The predicted molar refractivity (Wildman–Crippen MR) is 60.8 cm³/mol. The molecule has 1 saturated heterocycles. The zero-order valence-electron chi connectivity index (χ0n) is 8.52. The minimum absolute atomic E-state index is 0.485. The van der Waals surface area contributed by atoms with Gasteiger partial charge in [0.1, 0.15) is 0 Å². The Kier molecular flexibility index (Phi) is 3.09. The maximum Gasteiger partial charge on any atom is 0.0456 e. The molecule has 1 aromatic carbocycles. The summed E-state index contributed by atoms with van der Waals surface area (Å²) in [5.74, 6) is 0. The monoisotopic (exact) mass is 209 g/mol. The van der Waals surface area contributed by atoms with Gasteiger partial charge in [0.25, 0.3) is 0 Å². The van der Waals surface area contributed by atoms with Crippen molar-refractivity contribution in [3.63, 3.8) is 0 Å². The van der Waals surface area contributed by atoms with Gasteiger partial charge >= 0.3 is 0 Å². The van der Waals surface area contributed by atoms with Crippen molar-refractivity contribution in [1.29, 1.82) is 0 Å². The van der Waals surface area contributed by atoms with Crippen LogP contribution in [0.5, 0.6) is 0 Å². The first kappa shape index (κ1) is 10.0. The van der Waals surface area contributed by atoms with Crippen molar-refractivity contribution in [2.45, 2.75) is 32.2 Å². The molecule has 0 bridgehead atoms. The van der Waals surface area contributed by atoms with Crippen molar-refractivity contribution in [2.75, 3.05) is 6.54 Å². The van der Waals surface area contributed by atoms with Crippen LogP contribution in [0.15, 0.2) is 18.2 Å². The minimum atomic E-state index is 0.485. The average Bonchev–Trinajstić information content (AvgIpc) is 2.70. The summed E-state index contributed by atoms with van der Waals surface area (Å²) < 4.78 is 0. The lowest BCUT2D eigenvalue weighted by molar-refractivity contribution is 0.641. The molecule has 1 nitrogen and oxygen atoms in total. The van der Waals surface area contributed by atoms with Crippen LogP contribution in [0, 0.1) is 0 Å². The second-order valence-corrected chi connectivity index (χ2v) is 4.22. The van der Waals surface area contributed by atoms with Crippen LogP contribution in [0.25, 0.3) is 0 Å². The fourth-order valence-corrected chi connectivity index (χ4v) is 2.54. The number of aryl methyl sites for hydroxylation is 1. The highest BCUT2D eigenvalue weighted by atomic mass is 35.5. The number of rotatable bonds is 2. The fraction of sp³-hybridized carbons (Fsp3) is 0.500. The van der Waals surface area contributed by atoms with Gasteiger partial charge in [0.05, 0.1) is 0 Å². The lowest BCUT2D eigenvalue weighted by Gasteiger charge is -2.16. The molecule has 14 heavy (non-hydrogen) atoms. The molecule has 2 heteroatoms. The van der Waals surface area contributed by atoms with E-state index in [1.165, 1.54) is 24.0 Å². The molecule has 0 aliphatic carbocycles. The van der Waals surface area contributed by atoms with E-state index < -0.39 is 0 Å². The van der Waals surface area contributed by atoms with Gasteiger partial charge in [-0.3, -0.25) is 0 Å². The summed E-state index contributed by atoms with van der Waals surface area (Å²) in [7, 11) is 0. The molecule has 1 heterocycles. The van der Waals surface area contributed by atoms with Crippen molar-refractivity contribution in [3.8, 4) is 0 Å². The largest absolute Gasteiger partial charge is 0.310 e. The highest BCUT2D eigenvalue weighted by Gasteiger charge is 2.20. The van der Waals surface area contributed by atoms with Crippen LogP contribution < -0.4 is 5.32 Å². The maximum atomic E-state index is 6.25. The third-order valence-electron chi connectivity index (χ3n) is 2.93. The summed E-state index contributed by atoms with van der Waals surface area (Å²) in [6, 6.07) is 6.70. The van der Waals surface area contributed by atoms with Crippen molar-refractivity contribution >= 4 is 11.6 Å². The Morgan fingerprint density at radius 3 is 3.00 bits per heavy atom. The first-order valence-corrected chi connectivity index (χ1v) is 5.71. The van der Waals surface area contributed by atoms with E-state index in [9.17, 15) is 0 Å². The molecule has 0 aromatic heterocycles. The van der Waals surface area contributed by atoms with E-state index in [2.05, 4.69) is 18.3 Å². The SMILES string of the molecule is CCc1cccc(Cl)c1[C@@H]1CCCN1. The highest BCUT2D eigenvalue weighted by molar-refractivity contribution is 6.31. The molecule has 1 aliphatic rings. The number of nitrogens with one attached hydrogen (secondary N) is 1. The summed E-state index contributed by atoms with van der Waals surface area (Å²) in [6.45, 7) is 3.31. The number of hydrogen-bond donors (Lipinski definition) is 1. The van der Waals surface area contributed by atoms with Crippen LogP contribution in [0.4, 0.5) is 0 Å². The van der Waals surface area contributed by atoms with E-state index in [1.807, 2.05) is 12.1 Å². The third-order valence-corrected chi connectivity index (χ3v) is 3.26. The summed E-state index contributed by atoms with van der Waals surface area (Å²) in [6.07, 6.45) is 3.55. The van der Waals surface area contributed by atoms with Gasteiger partial charge in [-0.2, -0.15) is 0 Å². The fourth-order valence-electron chi connectivity index (χ4n) is 2.21. The lowest BCUT2D eigenvalue weighted by Crippen LogP contribution is -2.15. The number of hydrogen-bond acceptors (Lipinski definition) is 1. The molecule has 0 radical (unpaired) electrons. The zero-order valence-corrected chi connectivity index (χ0v) is 9.27. The Morgan fingerprint density at radius 1 is 1.50 bits per heavy atom. The minimum Gasteiger partial charge on any atom is -0.310 e. The molecule has 0 spiro atoms. The quantitative estimate of drug-likeness (QED) is 0.788. The van der Waals surface area contributed by atoms with Gasteiger partial charge in [-0.15, -0.1) is 0 Å². The van der Waals surface area contributed by atoms with E-state index >= 15 is 0 Å². The Labute approximate surface area is 90.5 Å². The van der Waals surface area contributed by atoms with Crippen molar-refractivity contribution in [3.05, 3.63) is 34.3 Å². The highest BCUT2D eigenvalue weighted by Crippen LogP contribution is 2.32. The molecule has 1 atom stereocenters. The molecule has 2 rings (SSSR count). The van der Waals surface area contributed by atoms with Crippen molar-refractivity contribution < 1.29 is 0 Å². The first-order valence-electron chi connectivity index (χ1n) is 5.33. The van der Waals surface area contributed by atoms with E-state index in [0.29, 0.717) is 6.04 Å². The van der Waals surface area contributed by atoms with Crippen molar-refractivity contribution in [1.82, 2.24) is 5.32 Å². The maximum absolute atomic E-state index is 6.25. The molecule has 1 fully saturated rings. The van der Waals surface area contributed by atoms with Crippen LogP contribution in [0.1, 0.15) is 36.9 Å². The predicted octanol–water partition coefficient (Wildman–Crippen LogP) is 3.33. The van der Waals surface area contributed by atoms with Gasteiger partial charge < -0.3 is 5.32 Å². The van der Waals surface area contributed by atoms with Crippen LogP contribution in [-0.4, -0.2) is 6.54 Å². The van der Waals surface area contributed by atoms with Gasteiger partial charge in [0, 0.05) is 11.1 Å². The molecule has 0 amide bonds. The lowest BCUT2D eigenvalue weighted by atomic mass is 9.97. The topological polar surface area (TPSA) is 12.0 Å².